The van der Waals surface area contributed by atoms with Gasteiger partial charge in [-0.1, -0.05) is 43.0 Å². The molecule has 1 N–H and O–H groups in total. The fraction of sp³-hybridized carbons (Fsp3) is 0.500. The molecule has 6 nitrogen and oxygen atoms in total. The predicted molar refractivity (Wildman–Crippen MR) is 93.1 cm³/mol. The van der Waals surface area contributed by atoms with E-state index in [1.165, 1.54) is 19.3 Å². The van der Waals surface area contributed by atoms with Crippen molar-refractivity contribution in [3.05, 3.63) is 47.0 Å². The van der Waals surface area contributed by atoms with E-state index >= 15 is 0 Å². The molecule has 1 aliphatic rings. The number of nitrogens with one attached hydrogen (secondary N) is 1. The minimum atomic E-state index is -3.46. The second-order valence-corrected chi connectivity index (χ2v) is 8.40. The van der Waals surface area contributed by atoms with E-state index in [1.807, 2.05) is 4.57 Å². The topological polar surface area (TPSA) is 76.9 Å². The van der Waals surface area contributed by atoms with Gasteiger partial charge in [0, 0.05) is 11.1 Å². The quantitative estimate of drug-likeness (QED) is 0.850. The summed E-state index contributed by atoms with van der Waals surface area (Å²) in [6.07, 6.45) is 7.56. The Morgan fingerprint density at radius 2 is 2.04 bits per heavy atom. The Morgan fingerprint density at radius 3 is 2.79 bits per heavy atom. The van der Waals surface area contributed by atoms with Crippen molar-refractivity contribution in [3.63, 3.8) is 0 Å². The van der Waals surface area contributed by atoms with Gasteiger partial charge in [0.05, 0.1) is 12.3 Å². The summed E-state index contributed by atoms with van der Waals surface area (Å²) in [5, 5.41) is 8.56. The number of hydrogen-bond acceptors (Lipinski definition) is 4. The van der Waals surface area contributed by atoms with Crippen molar-refractivity contribution in [2.45, 2.75) is 50.4 Å². The minimum absolute atomic E-state index is 0.106. The van der Waals surface area contributed by atoms with Crippen LogP contribution < -0.4 is 4.72 Å². The predicted octanol–water partition coefficient (Wildman–Crippen LogP) is 3.06. The monoisotopic (exact) mass is 368 g/mol. The fourth-order valence-electron chi connectivity index (χ4n) is 3.13. The van der Waals surface area contributed by atoms with E-state index in [9.17, 15) is 8.42 Å². The second-order valence-electron chi connectivity index (χ2n) is 6.16. The molecule has 2 aromatic rings. The zero-order chi connectivity index (χ0) is 17.0. The van der Waals surface area contributed by atoms with Crippen LogP contribution in [0.4, 0.5) is 0 Å². The van der Waals surface area contributed by atoms with Gasteiger partial charge in [0.25, 0.3) is 0 Å². The molecule has 0 spiro atoms. The Kier molecular flexibility index (Phi) is 5.53. The van der Waals surface area contributed by atoms with E-state index in [1.54, 1.807) is 30.6 Å². The summed E-state index contributed by atoms with van der Waals surface area (Å²) in [6, 6.07) is 7.24. The molecule has 1 fully saturated rings. The van der Waals surface area contributed by atoms with Gasteiger partial charge >= 0.3 is 0 Å². The van der Waals surface area contributed by atoms with Gasteiger partial charge in [0.15, 0.2) is 0 Å². The Morgan fingerprint density at radius 1 is 1.25 bits per heavy atom. The molecule has 0 saturated heterocycles. The highest BCUT2D eigenvalue weighted by atomic mass is 35.5. The van der Waals surface area contributed by atoms with Crippen molar-refractivity contribution in [1.29, 1.82) is 0 Å². The standard InChI is InChI=1S/C16H21ClN4O2S/c17-14-6-4-5-13(9-14)11-24(22,23)19-10-16-20-18-12-21(16)15-7-2-1-3-8-15/h4-6,9,12,15,19H,1-3,7-8,10-11H2. The molecule has 24 heavy (non-hydrogen) atoms. The van der Waals surface area contributed by atoms with Gasteiger partial charge in [-0.15, -0.1) is 10.2 Å². The van der Waals surface area contributed by atoms with Gasteiger partial charge in [-0.25, -0.2) is 13.1 Å². The maximum absolute atomic E-state index is 12.3. The lowest BCUT2D eigenvalue weighted by Gasteiger charge is -2.24. The molecule has 0 amide bonds. The average Bonchev–Trinajstić information content (AvgIpc) is 3.02. The summed E-state index contributed by atoms with van der Waals surface area (Å²) in [7, 11) is -3.46. The molecule has 1 saturated carbocycles. The molecule has 130 valence electrons. The normalized spacial score (nSPS) is 16.4. The van der Waals surface area contributed by atoms with Crippen molar-refractivity contribution in [3.8, 4) is 0 Å². The molecule has 0 bridgehead atoms. The van der Waals surface area contributed by atoms with Crippen LogP contribution in [0.1, 0.15) is 49.5 Å². The van der Waals surface area contributed by atoms with Gasteiger partial charge in [-0.2, -0.15) is 0 Å². The highest BCUT2D eigenvalue weighted by molar-refractivity contribution is 7.88. The zero-order valence-electron chi connectivity index (χ0n) is 13.4. The molecule has 0 atom stereocenters. The van der Waals surface area contributed by atoms with Crippen LogP contribution in [0.15, 0.2) is 30.6 Å². The van der Waals surface area contributed by atoms with Crippen LogP contribution in [0.3, 0.4) is 0 Å². The van der Waals surface area contributed by atoms with E-state index in [-0.39, 0.29) is 12.3 Å². The van der Waals surface area contributed by atoms with Crippen molar-refractivity contribution >= 4 is 21.6 Å². The number of sulfonamides is 1. The molecule has 1 aromatic carbocycles. The number of nitrogens with zero attached hydrogens (tertiary/aromatic N) is 3. The van der Waals surface area contributed by atoms with Gasteiger partial charge in [0.1, 0.15) is 12.2 Å². The SMILES string of the molecule is O=S(=O)(Cc1cccc(Cl)c1)NCc1nncn1C1CCCCC1. The number of rotatable bonds is 6. The fourth-order valence-corrected chi connectivity index (χ4v) is 4.41. The third-order valence-corrected chi connectivity index (χ3v) is 5.84. The van der Waals surface area contributed by atoms with Crippen LogP contribution in [-0.2, 0) is 22.3 Å². The Balaban J connectivity index is 1.64. The smallest absolute Gasteiger partial charge is 0.216 e. The minimum Gasteiger partial charge on any atom is -0.313 e. The molecule has 3 rings (SSSR count). The molecular weight excluding hydrogens is 348 g/mol. The van der Waals surface area contributed by atoms with Crippen LogP contribution >= 0.6 is 11.6 Å². The summed E-state index contributed by atoms with van der Waals surface area (Å²) in [4.78, 5) is 0. The molecule has 0 aliphatic heterocycles. The Bertz CT molecular complexity index is 785. The number of hydrogen-bond donors (Lipinski definition) is 1. The third-order valence-electron chi connectivity index (χ3n) is 4.31. The zero-order valence-corrected chi connectivity index (χ0v) is 14.9. The first-order chi connectivity index (χ1) is 11.5. The van der Waals surface area contributed by atoms with E-state index in [4.69, 9.17) is 11.6 Å². The maximum Gasteiger partial charge on any atom is 0.216 e. The van der Waals surface area contributed by atoms with Crippen LogP contribution in [0.2, 0.25) is 5.02 Å². The van der Waals surface area contributed by atoms with Gasteiger partial charge < -0.3 is 4.57 Å². The largest absolute Gasteiger partial charge is 0.313 e. The molecule has 1 aliphatic carbocycles. The first-order valence-electron chi connectivity index (χ1n) is 8.14. The molecule has 8 heteroatoms. The summed E-state index contributed by atoms with van der Waals surface area (Å²) in [5.41, 5.74) is 0.656. The van der Waals surface area contributed by atoms with E-state index < -0.39 is 10.0 Å². The van der Waals surface area contributed by atoms with Gasteiger partial charge in [-0.05, 0) is 30.5 Å². The number of halogens is 1. The third kappa shape index (κ3) is 4.55. The van der Waals surface area contributed by atoms with Crippen LogP contribution in [0.25, 0.3) is 0 Å². The number of benzene rings is 1. The number of aromatic nitrogens is 3. The Hall–Kier alpha value is -1.44. The van der Waals surface area contributed by atoms with Gasteiger partial charge in [0.2, 0.25) is 10.0 Å². The highest BCUT2D eigenvalue weighted by Crippen LogP contribution is 2.28. The molecule has 1 heterocycles. The van der Waals surface area contributed by atoms with Gasteiger partial charge in [-0.3, -0.25) is 0 Å². The summed E-state index contributed by atoms with van der Waals surface area (Å²) < 4.78 is 29.2. The van der Waals surface area contributed by atoms with Crippen LogP contribution in [0.5, 0.6) is 0 Å². The van der Waals surface area contributed by atoms with E-state index in [0.717, 1.165) is 12.8 Å². The second kappa shape index (κ2) is 7.63. The van der Waals surface area contributed by atoms with Crippen LogP contribution in [0, 0.1) is 0 Å². The van der Waals surface area contributed by atoms with E-state index in [2.05, 4.69) is 14.9 Å². The Labute approximate surface area is 147 Å². The lowest BCUT2D eigenvalue weighted by molar-refractivity contribution is 0.344. The van der Waals surface area contributed by atoms with E-state index in [0.29, 0.717) is 22.5 Å². The first kappa shape index (κ1) is 17.4. The molecule has 1 aromatic heterocycles. The summed E-state index contributed by atoms with van der Waals surface area (Å²) >= 11 is 5.90. The molecule has 0 radical (unpaired) electrons. The van der Waals surface area contributed by atoms with Crippen molar-refractivity contribution in [2.24, 2.45) is 0 Å². The lowest BCUT2D eigenvalue weighted by Crippen LogP contribution is -2.27. The first-order valence-corrected chi connectivity index (χ1v) is 10.2. The van der Waals surface area contributed by atoms with Crippen molar-refractivity contribution < 1.29 is 8.42 Å². The van der Waals surface area contributed by atoms with Crippen molar-refractivity contribution in [2.75, 3.05) is 0 Å². The van der Waals surface area contributed by atoms with Crippen molar-refractivity contribution in [1.82, 2.24) is 19.5 Å². The molecular formula is C16H21ClN4O2S. The average molecular weight is 369 g/mol. The summed E-state index contributed by atoms with van der Waals surface area (Å²) in [6.45, 7) is 0.152. The maximum atomic E-state index is 12.3. The molecule has 0 unspecified atom stereocenters. The lowest BCUT2D eigenvalue weighted by atomic mass is 9.95. The summed E-state index contributed by atoms with van der Waals surface area (Å²) in [5.74, 6) is 0.557. The highest BCUT2D eigenvalue weighted by Gasteiger charge is 2.20. The van der Waals surface area contributed by atoms with Crippen LogP contribution in [-0.4, -0.2) is 23.2 Å².